The van der Waals surface area contributed by atoms with Crippen molar-refractivity contribution in [2.75, 3.05) is 0 Å². The van der Waals surface area contributed by atoms with E-state index in [9.17, 15) is 0 Å². The molecule has 0 saturated carbocycles. The number of nitrogens with zero attached hydrogens (tertiary/aromatic N) is 3. The van der Waals surface area contributed by atoms with E-state index in [1.165, 1.54) is 65.2 Å². The van der Waals surface area contributed by atoms with E-state index in [0.29, 0.717) is 0 Å². The van der Waals surface area contributed by atoms with Crippen molar-refractivity contribution in [1.82, 2.24) is 13.7 Å². The number of hydrogen-bond acceptors (Lipinski definition) is 1. The van der Waals surface area contributed by atoms with Crippen molar-refractivity contribution in [3.8, 4) is 17.1 Å². The Balaban J connectivity index is 1.29. The minimum atomic E-state index is 0.816. The minimum Gasteiger partial charge on any atom is -0.453 e. The summed E-state index contributed by atoms with van der Waals surface area (Å²) >= 11 is 0. The van der Waals surface area contributed by atoms with E-state index < -0.39 is 0 Å². The first-order valence-electron chi connectivity index (χ1n) is 21.9. The van der Waals surface area contributed by atoms with Gasteiger partial charge in [0.2, 0.25) is 0 Å². The van der Waals surface area contributed by atoms with Gasteiger partial charge in [-0.25, -0.2) is 0 Å². The van der Waals surface area contributed by atoms with E-state index >= 15 is 0 Å². The lowest BCUT2D eigenvalue weighted by Crippen LogP contribution is -2.01. The molecule has 0 saturated heterocycles. The first kappa shape index (κ1) is 35.0. The Morgan fingerprint density at radius 1 is 0.234 bits per heavy atom. The Bertz CT molecular complexity index is 4210. The maximum Gasteiger partial charge on any atom is 0.152 e. The largest absolute Gasteiger partial charge is 0.453 e. The molecule has 4 nitrogen and oxygen atoms in total. The van der Waals surface area contributed by atoms with Crippen LogP contribution in [0.2, 0.25) is 0 Å². The average Bonchev–Trinajstić information content (AvgIpc) is 3.88. The molecule has 3 aromatic heterocycles. The van der Waals surface area contributed by atoms with Gasteiger partial charge < -0.3 is 18.1 Å². The van der Waals surface area contributed by atoms with Gasteiger partial charge in [-0.05, 0) is 105 Å². The summed E-state index contributed by atoms with van der Waals surface area (Å²) in [4.78, 5) is 0. The van der Waals surface area contributed by atoms with E-state index in [1.54, 1.807) is 0 Å². The van der Waals surface area contributed by atoms with Gasteiger partial charge in [-0.1, -0.05) is 152 Å². The summed E-state index contributed by atoms with van der Waals surface area (Å²) in [7, 11) is 0. The molecule has 64 heavy (non-hydrogen) atoms. The predicted molar refractivity (Wildman–Crippen MR) is 269 cm³/mol. The zero-order chi connectivity index (χ0) is 41.9. The Morgan fingerprint density at radius 2 is 0.625 bits per heavy atom. The Morgan fingerprint density at radius 3 is 1.16 bits per heavy atom. The summed E-state index contributed by atoms with van der Waals surface area (Å²) in [6.07, 6.45) is 0. The maximum absolute atomic E-state index is 6.92. The number of hydrogen-bond donors (Lipinski definition) is 0. The Labute approximate surface area is 367 Å². The monoisotopic (exact) mass is 815 g/mol. The summed E-state index contributed by atoms with van der Waals surface area (Å²) in [5.41, 5.74) is 11.6. The van der Waals surface area contributed by atoms with Crippen molar-refractivity contribution in [2.45, 2.75) is 0 Å². The fourth-order valence-corrected chi connectivity index (χ4v) is 10.8. The third-order valence-electron chi connectivity index (χ3n) is 13.5. The molecule has 3 heterocycles. The maximum atomic E-state index is 6.92. The van der Waals surface area contributed by atoms with Crippen LogP contribution in [0.1, 0.15) is 0 Å². The van der Waals surface area contributed by atoms with Gasteiger partial charge in [0.15, 0.2) is 11.2 Å². The number of rotatable bonds is 3. The molecule has 0 aliphatic carbocycles. The molecule has 0 amide bonds. The van der Waals surface area contributed by atoms with E-state index in [0.717, 1.165) is 60.8 Å². The Kier molecular flexibility index (Phi) is 7.36. The van der Waals surface area contributed by atoms with Crippen LogP contribution in [0.15, 0.2) is 229 Å². The lowest BCUT2D eigenvalue weighted by molar-refractivity contribution is 0.654. The lowest BCUT2D eigenvalue weighted by Gasteiger charge is -2.20. The van der Waals surface area contributed by atoms with Crippen LogP contribution in [-0.4, -0.2) is 13.7 Å². The molecule has 11 aromatic carbocycles. The van der Waals surface area contributed by atoms with Crippen LogP contribution in [0.3, 0.4) is 0 Å². The number of para-hydroxylation sites is 7. The van der Waals surface area contributed by atoms with Gasteiger partial charge in [0.05, 0.1) is 44.5 Å². The van der Waals surface area contributed by atoms with Crippen LogP contribution < -0.4 is 0 Å². The highest BCUT2D eigenvalue weighted by Crippen LogP contribution is 2.45. The van der Waals surface area contributed by atoms with Gasteiger partial charge in [0, 0.05) is 38.0 Å². The Hall–Kier alpha value is -8.60. The van der Waals surface area contributed by atoms with Crippen molar-refractivity contribution in [3.05, 3.63) is 224 Å². The second-order valence-electron chi connectivity index (χ2n) is 16.8. The third-order valence-corrected chi connectivity index (χ3v) is 13.5. The van der Waals surface area contributed by atoms with E-state index in [4.69, 9.17) is 4.42 Å². The molecule has 0 unspecified atom stereocenters. The smallest absolute Gasteiger partial charge is 0.152 e. The number of aromatic nitrogens is 3. The highest BCUT2D eigenvalue weighted by molar-refractivity contribution is 6.31. The van der Waals surface area contributed by atoms with Crippen molar-refractivity contribution >= 4 is 109 Å². The fraction of sp³-hybridized carbons (Fsp3) is 0. The highest BCUT2D eigenvalue weighted by atomic mass is 16.3. The summed E-state index contributed by atoms with van der Waals surface area (Å²) in [6.45, 7) is 0. The van der Waals surface area contributed by atoms with Gasteiger partial charge in [-0.2, -0.15) is 0 Å². The zero-order valence-electron chi connectivity index (χ0n) is 34.6. The summed E-state index contributed by atoms with van der Waals surface area (Å²) in [6, 6.07) is 81.8. The van der Waals surface area contributed by atoms with Crippen molar-refractivity contribution in [3.63, 3.8) is 0 Å². The van der Waals surface area contributed by atoms with Crippen LogP contribution in [0.5, 0.6) is 0 Å². The molecule has 0 atom stereocenters. The number of fused-ring (bicyclic) bond motifs is 16. The van der Waals surface area contributed by atoms with E-state index in [2.05, 4.69) is 232 Å². The van der Waals surface area contributed by atoms with Crippen molar-refractivity contribution in [1.29, 1.82) is 0 Å². The molecule has 14 rings (SSSR count). The molecule has 298 valence electrons. The molecule has 0 fully saturated rings. The third kappa shape index (κ3) is 4.88. The average molecular weight is 816 g/mol. The second-order valence-corrected chi connectivity index (χ2v) is 16.8. The topological polar surface area (TPSA) is 27.9 Å². The summed E-state index contributed by atoms with van der Waals surface area (Å²) in [5.74, 6) is 0. The molecule has 0 spiro atoms. The van der Waals surface area contributed by atoms with Crippen LogP contribution in [0, 0.1) is 0 Å². The van der Waals surface area contributed by atoms with Gasteiger partial charge in [0.1, 0.15) is 0 Å². The van der Waals surface area contributed by atoms with Crippen LogP contribution in [0.4, 0.5) is 0 Å². The SMILES string of the molecule is c1ccc(-n2c3ccccc3oc3cc4c5ccccc5c5cccc(-n6c7ccccc7c7ccccc76)c5c5c(-n6c7ccccc7c7ccccc76)cccc5c4cc32)cc1. The van der Waals surface area contributed by atoms with Gasteiger partial charge in [-0.3, -0.25) is 0 Å². The van der Waals surface area contributed by atoms with Gasteiger partial charge >= 0.3 is 0 Å². The first-order valence-corrected chi connectivity index (χ1v) is 21.9. The molecule has 0 radical (unpaired) electrons. The van der Waals surface area contributed by atoms with Crippen molar-refractivity contribution in [2.24, 2.45) is 0 Å². The molecule has 0 aliphatic heterocycles. The standard InChI is InChI=1S/C60H37N3O/c1-2-18-38(19-3-1)61-53-32-14-15-35-57(53)64-58-37-48-40-21-5-4-20-39(40)45-26-16-33-54(62-49-28-10-6-22-41(49)42-23-7-11-29-50(42)62)59(45)60-46(47(48)36-56(58)61)27-17-34-55(60)63-51-30-12-8-24-43(51)44-25-9-13-31-52(44)63/h1-37H. The molecular weight excluding hydrogens is 779 g/mol. The fourth-order valence-electron chi connectivity index (χ4n) is 10.8. The van der Waals surface area contributed by atoms with E-state index in [1.807, 2.05) is 6.07 Å². The molecule has 0 N–H and O–H groups in total. The molecule has 4 heteroatoms. The van der Waals surface area contributed by atoms with Crippen LogP contribution in [-0.2, 0) is 0 Å². The predicted octanol–water partition coefficient (Wildman–Crippen LogP) is 16.3. The second kappa shape index (κ2) is 13.4. The molecule has 14 aromatic rings. The number of benzene rings is 10. The van der Waals surface area contributed by atoms with Crippen LogP contribution in [0.25, 0.3) is 126 Å². The summed E-state index contributed by atoms with van der Waals surface area (Å²) in [5, 5.41) is 14.2. The minimum absolute atomic E-state index is 0.816. The van der Waals surface area contributed by atoms with Crippen molar-refractivity contribution < 1.29 is 4.42 Å². The van der Waals surface area contributed by atoms with E-state index in [-0.39, 0.29) is 0 Å². The lowest BCUT2D eigenvalue weighted by atomic mass is 9.92. The summed E-state index contributed by atoms with van der Waals surface area (Å²) < 4.78 is 14.3. The van der Waals surface area contributed by atoms with Gasteiger partial charge in [0.25, 0.3) is 0 Å². The molecule has 0 bridgehead atoms. The first-order chi connectivity index (χ1) is 31.8. The molecular formula is C60H37N3O. The highest BCUT2D eigenvalue weighted by Gasteiger charge is 2.22. The normalized spacial score (nSPS) is 12.1. The quantitative estimate of drug-likeness (QED) is 0.163. The zero-order valence-corrected chi connectivity index (χ0v) is 34.6. The van der Waals surface area contributed by atoms with Gasteiger partial charge in [-0.15, -0.1) is 0 Å². The van der Waals surface area contributed by atoms with Crippen LogP contribution >= 0.6 is 0 Å². The molecule has 0 aliphatic rings.